The fourth-order valence-electron chi connectivity index (χ4n) is 1.90. The molecule has 0 fully saturated rings. The Morgan fingerprint density at radius 2 is 1.90 bits per heavy atom. The Balaban J connectivity index is 2.39. The van der Waals surface area contributed by atoms with E-state index in [9.17, 15) is 9.18 Å². The summed E-state index contributed by atoms with van der Waals surface area (Å²) in [4.78, 5) is 11.8. The number of carbonyl (C=O) groups is 1. The van der Waals surface area contributed by atoms with Gasteiger partial charge in [0.05, 0.1) is 0 Å². The summed E-state index contributed by atoms with van der Waals surface area (Å²) in [6.07, 6.45) is 0. The fraction of sp³-hybridized carbons (Fsp3) is 0.133. The number of carbonyl (C=O) groups excluding carboxylic acids is 1. The van der Waals surface area contributed by atoms with Gasteiger partial charge in [-0.3, -0.25) is 4.79 Å². The summed E-state index contributed by atoms with van der Waals surface area (Å²) in [5.74, 6) is -0.987. The number of anilines is 1. The van der Waals surface area contributed by atoms with Crippen LogP contribution in [0.3, 0.4) is 0 Å². The normalized spacial score (nSPS) is 13.6. The molecule has 2 aromatic carbocycles. The molecule has 0 aromatic heterocycles. The van der Waals surface area contributed by atoms with Crippen molar-refractivity contribution < 1.29 is 9.18 Å². The molecule has 3 N–H and O–H groups in total. The second kappa shape index (κ2) is 5.63. The Bertz CT molecular complexity index is 630. The number of benzene rings is 2. The van der Waals surface area contributed by atoms with Crippen LogP contribution in [0.5, 0.6) is 0 Å². The van der Waals surface area contributed by atoms with Crippen molar-refractivity contribution in [2.75, 3.05) is 5.32 Å². The van der Waals surface area contributed by atoms with E-state index in [2.05, 4.69) is 21.2 Å². The predicted molar refractivity (Wildman–Crippen MR) is 80.7 cm³/mol. The van der Waals surface area contributed by atoms with E-state index >= 15 is 0 Å². The molecule has 1 atom stereocenters. The molecule has 1 amide bonds. The van der Waals surface area contributed by atoms with Crippen LogP contribution in [0, 0.1) is 5.82 Å². The Hall–Kier alpha value is -1.88. The molecule has 0 aliphatic heterocycles. The van der Waals surface area contributed by atoms with Crippen molar-refractivity contribution in [3.63, 3.8) is 0 Å². The van der Waals surface area contributed by atoms with Gasteiger partial charge in [0.15, 0.2) is 0 Å². The first kappa shape index (κ1) is 14.5. The van der Waals surface area contributed by atoms with Gasteiger partial charge < -0.3 is 11.1 Å². The van der Waals surface area contributed by atoms with Crippen molar-refractivity contribution in [1.29, 1.82) is 0 Å². The van der Waals surface area contributed by atoms with Crippen molar-refractivity contribution in [3.8, 4) is 0 Å². The van der Waals surface area contributed by atoms with E-state index in [-0.39, 0.29) is 0 Å². The van der Waals surface area contributed by atoms with Gasteiger partial charge in [-0.25, -0.2) is 4.39 Å². The quantitative estimate of drug-likeness (QED) is 0.898. The predicted octanol–water partition coefficient (Wildman–Crippen LogP) is 3.40. The average molecular weight is 337 g/mol. The van der Waals surface area contributed by atoms with Crippen LogP contribution in [0.2, 0.25) is 0 Å². The third kappa shape index (κ3) is 2.99. The van der Waals surface area contributed by atoms with Gasteiger partial charge in [0.2, 0.25) is 5.91 Å². The van der Waals surface area contributed by atoms with E-state index in [1.54, 1.807) is 19.1 Å². The summed E-state index contributed by atoms with van der Waals surface area (Å²) in [5.41, 5.74) is 5.51. The van der Waals surface area contributed by atoms with Gasteiger partial charge in [-0.15, -0.1) is 0 Å². The first-order valence-electron chi connectivity index (χ1n) is 6.01. The number of primary amides is 1. The lowest BCUT2D eigenvalue weighted by atomic mass is 9.90. The van der Waals surface area contributed by atoms with Gasteiger partial charge in [-0.1, -0.05) is 28.1 Å². The van der Waals surface area contributed by atoms with Gasteiger partial charge in [-0.05, 0) is 48.9 Å². The molecule has 1 unspecified atom stereocenters. The van der Waals surface area contributed by atoms with Crippen molar-refractivity contribution in [3.05, 3.63) is 64.4 Å². The molecule has 5 heteroatoms. The molecule has 104 valence electrons. The first-order chi connectivity index (χ1) is 9.41. The Kier molecular flexibility index (Phi) is 4.09. The molecular weight excluding hydrogens is 323 g/mol. The number of hydrogen-bond donors (Lipinski definition) is 2. The van der Waals surface area contributed by atoms with Crippen LogP contribution in [0.25, 0.3) is 0 Å². The van der Waals surface area contributed by atoms with Crippen LogP contribution in [-0.2, 0) is 10.3 Å². The van der Waals surface area contributed by atoms with Crippen LogP contribution < -0.4 is 11.1 Å². The molecule has 2 rings (SSSR count). The summed E-state index contributed by atoms with van der Waals surface area (Å²) in [5, 5.41) is 3.06. The molecule has 0 aliphatic rings. The maximum atomic E-state index is 13.4. The fourth-order valence-corrected chi connectivity index (χ4v) is 2.16. The molecule has 0 saturated heterocycles. The molecule has 0 radical (unpaired) electrons. The summed E-state index contributed by atoms with van der Waals surface area (Å²) in [6.45, 7) is 1.63. The second-order valence-electron chi connectivity index (χ2n) is 4.63. The molecular formula is C15H14BrFN2O. The molecule has 0 heterocycles. The monoisotopic (exact) mass is 336 g/mol. The number of halogens is 2. The highest BCUT2D eigenvalue weighted by Crippen LogP contribution is 2.27. The zero-order chi connectivity index (χ0) is 14.8. The molecule has 20 heavy (non-hydrogen) atoms. The maximum absolute atomic E-state index is 13.4. The molecule has 0 spiro atoms. The van der Waals surface area contributed by atoms with Crippen molar-refractivity contribution >= 4 is 27.5 Å². The maximum Gasteiger partial charge on any atom is 0.247 e. The van der Waals surface area contributed by atoms with Crippen LogP contribution in [0.4, 0.5) is 10.1 Å². The van der Waals surface area contributed by atoms with Crippen LogP contribution in [-0.4, -0.2) is 5.91 Å². The van der Waals surface area contributed by atoms with E-state index in [1.165, 1.54) is 12.1 Å². The molecule has 3 nitrogen and oxygen atoms in total. The largest absolute Gasteiger partial charge is 0.368 e. The van der Waals surface area contributed by atoms with E-state index in [0.717, 1.165) is 10.2 Å². The number of nitrogens with two attached hydrogens (primary N) is 1. The number of amides is 1. The lowest BCUT2D eigenvalue weighted by molar-refractivity contribution is -0.122. The Morgan fingerprint density at radius 1 is 1.25 bits per heavy atom. The highest BCUT2D eigenvalue weighted by Gasteiger charge is 2.33. The van der Waals surface area contributed by atoms with E-state index in [1.807, 2.05) is 24.3 Å². The number of rotatable bonds is 4. The summed E-state index contributed by atoms with van der Waals surface area (Å²) in [7, 11) is 0. The lowest BCUT2D eigenvalue weighted by Crippen LogP contribution is -2.45. The molecule has 2 aromatic rings. The second-order valence-corrected chi connectivity index (χ2v) is 5.55. The number of nitrogens with one attached hydrogen (secondary N) is 1. The van der Waals surface area contributed by atoms with Crippen LogP contribution >= 0.6 is 15.9 Å². The highest BCUT2D eigenvalue weighted by molar-refractivity contribution is 9.10. The van der Waals surface area contributed by atoms with E-state index in [0.29, 0.717) is 5.56 Å². The summed E-state index contributed by atoms with van der Waals surface area (Å²) in [6, 6.07) is 13.1. The SMILES string of the molecule is CC(Nc1ccc(Br)cc1)(C(N)=O)c1cccc(F)c1. The van der Waals surface area contributed by atoms with Crippen molar-refractivity contribution in [1.82, 2.24) is 0 Å². The lowest BCUT2D eigenvalue weighted by Gasteiger charge is -2.29. The topological polar surface area (TPSA) is 55.1 Å². The molecule has 0 bridgehead atoms. The first-order valence-corrected chi connectivity index (χ1v) is 6.81. The minimum Gasteiger partial charge on any atom is -0.368 e. The Morgan fingerprint density at radius 3 is 2.45 bits per heavy atom. The minimum atomic E-state index is -1.18. The van der Waals surface area contributed by atoms with Crippen LogP contribution in [0.1, 0.15) is 12.5 Å². The average Bonchev–Trinajstić information content (AvgIpc) is 2.41. The standard InChI is InChI=1S/C15H14BrFN2O/c1-15(14(18)20,10-3-2-4-12(17)9-10)19-13-7-5-11(16)6-8-13/h2-9,19H,1H3,(H2,18,20). The third-order valence-corrected chi connectivity index (χ3v) is 3.66. The summed E-state index contributed by atoms with van der Waals surface area (Å²) < 4.78 is 14.3. The smallest absolute Gasteiger partial charge is 0.247 e. The van der Waals surface area contributed by atoms with E-state index in [4.69, 9.17) is 5.73 Å². The number of hydrogen-bond acceptors (Lipinski definition) is 2. The van der Waals surface area contributed by atoms with Gasteiger partial charge >= 0.3 is 0 Å². The zero-order valence-electron chi connectivity index (χ0n) is 10.9. The zero-order valence-corrected chi connectivity index (χ0v) is 12.4. The van der Waals surface area contributed by atoms with Gasteiger partial charge in [0, 0.05) is 10.2 Å². The molecule has 0 saturated carbocycles. The molecule has 0 aliphatic carbocycles. The van der Waals surface area contributed by atoms with E-state index < -0.39 is 17.3 Å². The Labute approximate surface area is 125 Å². The van der Waals surface area contributed by atoms with Crippen molar-refractivity contribution in [2.24, 2.45) is 5.73 Å². The van der Waals surface area contributed by atoms with Crippen molar-refractivity contribution in [2.45, 2.75) is 12.5 Å². The minimum absolute atomic E-state index is 0.410. The third-order valence-electron chi connectivity index (χ3n) is 3.13. The van der Waals surface area contributed by atoms with Gasteiger partial charge in [0.25, 0.3) is 0 Å². The van der Waals surface area contributed by atoms with Crippen LogP contribution in [0.15, 0.2) is 53.0 Å². The summed E-state index contributed by atoms with van der Waals surface area (Å²) >= 11 is 3.34. The van der Waals surface area contributed by atoms with Gasteiger partial charge in [0.1, 0.15) is 11.4 Å². The highest BCUT2D eigenvalue weighted by atomic mass is 79.9. The van der Waals surface area contributed by atoms with Gasteiger partial charge in [-0.2, -0.15) is 0 Å².